The summed E-state index contributed by atoms with van der Waals surface area (Å²) in [6, 6.07) is 13.7. The van der Waals surface area contributed by atoms with E-state index in [-0.39, 0.29) is 18.2 Å². The number of benzene rings is 2. The molecule has 1 heterocycles. The maximum absolute atomic E-state index is 12.9. The van der Waals surface area contributed by atoms with Crippen LogP contribution in [0.2, 0.25) is 5.02 Å². The highest BCUT2D eigenvalue weighted by Crippen LogP contribution is 2.28. The van der Waals surface area contributed by atoms with E-state index in [0.717, 1.165) is 5.56 Å². The minimum Gasteiger partial charge on any atom is -0.484 e. The number of nitrogens with two attached hydrogens (primary N) is 1. The molecule has 2 N–H and O–H groups in total. The molecular weight excluding hydrogens is 387 g/mol. The molecular formula is C20H16ClFN2O4. The molecule has 0 aliphatic carbocycles. The highest BCUT2D eigenvalue weighted by Gasteiger charge is 2.15. The van der Waals surface area contributed by atoms with Crippen LogP contribution in [-0.4, -0.2) is 11.8 Å². The lowest BCUT2D eigenvalue weighted by atomic mass is 10.2. The molecule has 0 saturated heterocycles. The van der Waals surface area contributed by atoms with Crippen LogP contribution in [0.5, 0.6) is 5.75 Å². The van der Waals surface area contributed by atoms with E-state index in [2.05, 4.69) is 5.16 Å². The smallest absolute Gasteiger partial charge is 0.400 e. The van der Waals surface area contributed by atoms with Crippen molar-refractivity contribution in [2.75, 3.05) is 0 Å². The third-order valence-corrected chi connectivity index (χ3v) is 4.05. The normalized spacial score (nSPS) is 11.3. The van der Waals surface area contributed by atoms with Gasteiger partial charge in [-0.3, -0.25) is 0 Å². The first kappa shape index (κ1) is 19.4. The van der Waals surface area contributed by atoms with Gasteiger partial charge in [0.2, 0.25) is 5.76 Å². The number of hydrogen-bond donors (Lipinski definition) is 1. The van der Waals surface area contributed by atoms with E-state index in [1.165, 1.54) is 30.3 Å². The van der Waals surface area contributed by atoms with E-state index >= 15 is 0 Å². The van der Waals surface area contributed by atoms with E-state index in [4.69, 9.17) is 31.3 Å². The van der Waals surface area contributed by atoms with Gasteiger partial charge < -0.3 is 19.7 Å². The first-order chi connectivity index (χ1) is 13.4. The van der Waals surface area contributed by atoms with E-state index in [9.17, 15) is 9.18 Å². The number of aryl methyl sites for hydroxylation is 1. The number of rotatable bonds is 6. The van der Waals surface area contributed by atoms with Gasteiger partial charge in [0.1, 0.15) is 23.9 Å². The zero-order valence-corrected chi connectivity index (χ0v) is 15.6. The van der Waals surface area contributed by atoms with Gasteiger partial charge in [-0.15, -0.1) is 0 Å². The molecule has 3 rings (SSSR count). The predicted molar refractivity (Wildman–Crippen MR) is 102 cm³/mol. The standard InChI is InChI=1S/C20H16ClFN2O4/c1-12-3-2-4-16(21)18(12)26-11-15-9-10-17(27-15)20(25)28-24-19(23)13-5-7-14(22)8-6-13/h2-10H,11H2,1H3,(H2,23,24). The summed E-state index contributed by atoms with van der Waals surface area (Å²) in [5.41, 5.74) is 7.00. The molecule has 0 saturated carbocycles. The van der Waals surface area contributed by atoms with Crippen LogP contribution >= 0.6 is 11.6 Å². The molecule has 3 aromatic rings. The van der Waals surface area contributed by atoms with Crippen molar-refractivity contribution in [2.24, 2.45) is 10.9 Å². The number of halogens is 2. The average Bonchev–Trinajstić information content (AvgIpc) is 3.15. The lowest BCUT2D eigenvalue weighted by Gasteiger charge is -2.09. The fraction of sp³-hybridized carbons (Fsp3) is 0.100. The fourth-order valence-electron chi connectivity index (χ4n) is 2.32. The summed E-state index contributed by atoms with van der Waals surface area (Å²) in [6.07, 6.45) is 0. The summed E-state index contributed by atoms with van der Waals surface area (Å²) < 4.78 is 24.0. The molecule has 1 aromatic heterocycles. The summed E-state index contributed by atoms with van der Waals surface area (Å²) >= 11 is 6.10. The fourth-order valence-corrected chi connectivity index (χ4v) is 2.59. The van der Waals surface area contributed by atoms with Gasteiger partial charge in [0.15, 0.2) is 5.84 Å². The zero-order valence-electron chi connectivity index (χ0n) is 14.8. The summed E-state index contributed by atoms with van der Waals surface area (Å²) in [5, 5.41) is 4.02. The second-order valence-electron chi connectivity index (χ2n) is 5.80. The molecule has 0 amide bonds. The summed E-state index contributed by atoms with van der Waals surface area (Å²) in [6.45, 7) is 1.95. The number of ether oxygens (including phenoxy) is 1. The predicted octanol–water partition coefficient (Wildman–Crippen LogP) is 4.44. The lowest BCUT2D eigenvalue weighted by Crippen LogP contribution is -2.15. The Morgan fingerprint density at radius 3 is 2.64 bits per heavy atom. The molecule has 0 aliphatic rings. The number of para-hydroxylation sites is 1. The molecule has 6 nitrogen and oxygen atoms in total. The number of hydrogen-bond acceptors (Lipinski definition) is 5. The maximum Gasteiger partial charge on any atom is 0.400 e. The molecule has 2 aromatic carbocycles. The maximum atomic E-state index is 12.9. The van der Waals surface area contributed by atoms with Crippen LogP contribution in [0, 0.1) is 12.7 Å². The molecule has 144 valence electrons. The molecule has 8 heteroatoms. The van der Waals surface area contributed by atoms with Crippen molar-refractivity contribution >= 4 is 23.4 Å². The summed E-state index contributed by atoms with van der Waals surface area (Å²) in [5.74, 6) is -0.429. The second kappa shape index (κ2) is 8.58. The van der Waals surface area contributed by atoms with E-state index in [0.29, 0.717) is 22.1 Å². The van der Waals surface area contributed by atoms with Crippen LogP contribution in [-0.2, 0) is 11.4 Å². The number of carbonyl (C=O) groups is 1. The van der Waals surface area contributed by atoms with Gasteiger partial charge in [-0.25, -0.2) is 9.18 Å². The summed E-state index contributed by atoms with van der Waals surface area (Å²) in [4.78, 5) is 16.8. The molecule has 0 aliphatic heterocycles. The Hall–Kier alpha value is -3.32. The Labute approximate surface area is 165 Å². The number of carbonyl (C=O) groups excluding carboxylic acids is 1. The van der Waals surface area contributed by atoms with Crippen molar-refractivity contribution in [3.63, 3.8) is 0 Å². The molecule has 28 heavy (non-hydrogen) atoms. The Kier molecular flexibility index (Phi) is 5.96. The average molecular weight is 403 g/mol. The van der Waals surface area contributed by atoms with Gasteiger partial charge in [-0.2, -0.15) is 0 Å². The Morgan fingerprint density at radius 1 is 1.18 bits per heavy atom. The van der Waals surface area contributed by atoms with Crippen molar-refractivity contribution in [3.05, 3.63) is 88.1 Å². The largest absolute Gasteiger partial charge is 0.484 e. The van der Waals surface area contributed by atoms with Crippen molar-refractivity contribution < 1.29 is 23.2 Å². The van der Waals surface area contributed by atoms with Crippen molar-refractivity contribution in [3.8, 4) is 5.75 Å². The third-order valence-electron chi connectivity index (χ3n) is 3.75. The molecule has 0 atom stereocenters. The molecule has 0 spiro atoms. The van der Waals surface area contributed by atoms with Gasteiger partial charge in [-0.05, 0) is 55.0 Å². The van der Waals surface area contributed by atoms with E-state index in [1.807, 2.05) is 19.1 Å². The SMILES string of the molecule is Cc1cccc(Cl)c1OCc1ccc(C(=O)O/N=C(\N)c2ccc(F)cc2)o1. The van der Waals surface area contributed by atoms with Gasteiger partial charge in [0.25, 0.3) is 0 Å². The highest BCUT2D eigenvalue weighted by molar-refractivity contribution is 6.32. The molecule has 0 bridgehead atoms. The first-order valence-corrected chi connectivity index (χ1v) is 8.59. The molecule has 0 radical (unpaired) electrons. The highest BCUT2D eigenvalue weighted by atomic mass is 35.5. The quantitative estimate of drug-likeness (QED) is 0.285. The molecule has 0 fully saturated rings. The second-order valence-corrected chi connectivity index (χ2v) is 6.21. The van der Waals surface area contributed by atoms with Crippen LogP contribution in [0.1, 0.15) is 27.4 Å². The summed E-state index contributed by atoms with van der Waals surface area (Å²) in [7, 11) is 0. The van der Waals surface area contributed by atoms with Crippen LogP contribution in [0.25, 0.3) is 0 Å². The van der Waals surface area contributed by atoms with Crippen LogP contribution in [0.4, 0.5) is 4.39 Å². The van der Waals surface area contributed by atoms with Crippen molar-refractivity contribution in [2.45, 2.75) is 13.5 Å². The molecule has 0 unspecified atom stereocenters. The van der Waals surface area contributed by atoms with Crippen molar-refractivity contribution in [1.82, 2.24) is 0 Å². The van der Waals surface area contributed by atoms with Crippen molar-refractivity contribution in [1.29, 1.82) is 0 Å². The van der Waals surface area contributed by atoms with Crippen LogP contribution in [0.3, 0.4) is 0 Å². The minimum atomic E-state index is -0.828. The number of amidine groups is 1. The number of furan rings is 1. The van der Waals surface area contributed by atoms with Crippen LogP contribution < -0.4 is 10.5 Å². The zero-order chi connectivity index (χ0) is 20.1. The Morgan fingerprint density at radius 2 is 1.93 bits per heavy atom. The number of nitrogens with zero attached hydrogens (tertiary/aromatic N) is 1. The van der Waals surface area contributed by atoms with E-state index < -0.39 is 11.8 Å². The van der Waals surface area contributed by atoms with Gasteiger partial charge in [-0.1, -0.05) is 28.9 Å². The monoisotopic (exact) mass is 402 g/mol. The van der Waals surface area contributed by atoms with Gasteiger partial charge >= 0.3 is 5.97 Å². The third kappa shape index (κ3) is 4.69. The minimum absolute atomic E-state index is 0.0647. The van der Waals surface area contributed by atoms with Gasteiger partial charge in [0.05, 0.1) is 5.02 Å². The number of oxime groups is 1. The topological polar surface area (TPSA) is 87.0 Å². The van der Waals surface area contributed by atoms with Crippen LogP contribution in [0.15, 0.2) is 64.2 Å². The first-order valence-electron chi connectivity index (χ1n) is 8.21. The lowest BCUT2D eigenvalue weighted by molar-refractivity contribution is 0.0475. The van der Waals surface area contributed by atoms with Gasteiger partial charge in [0, 0.05) is 5.56 Å². The van der Waals surface area contributed by atoms with E-state index in [1.54, 1.807) is 12.1 Å². The Balaban J connectivity index is 1.61. The Bertz CT molecular complexity index is 995.